The first-order valence-electron chi connectivity index (χ1n) is 6.63. The summed E-state index contributed by atoms with van der Waals surface area (Å²) in [5.41, 5.74) is 0. The van der Waals surface area contributed by atoms with E-state index in [9.17, 15) is 13.2 Å². The van der Waals surface area contributed by atoms with Gasteiger partial charge in [0.2, 0.25) is 0 Å². The van der Waals surface area contributed by atoms with Crippen LogP contribution in [0.4, 0.5) is 0 Å². The van der Waals surface area contributed by atoms with Crippen LogP contribution in [-0.2, 0) is 15.0 Å². The molecule has 3 atom stereocenters. The van der Waals surface area contributed by atoms with Crippen molar-refractivity contribution in [2.45, 2.75) is 40.2 Å². The zero-order valence-electron chi connectivity index (χ0n) is 12.0. The highest BCUT2D eigenvalue weighted by molar-refractivity contribution is 7.87. The molecule has 0 aliphatic carbocycles. The van der Waals surface area contributed by atoms with Crippen LogP contribution in [0.5, 0.6) is 0 Å². The fourth-order valence-corrected chi connectivity index (χ4v) is 4.25. The Morgan fingerprint density at radius 2 is 1.74 bits per heavy atom. The zero-order valence-corrected chi connectivity index (χ0v) is 12.8. The lowest BCUT2D eigenvalue weighted by Crippen LogP contribution is -2.53. The van der Waals surface area contributed by atoms with Crippen molar-refractivity contribution < 1.29 is 18.3 Å². The van der Waals surface area contributed by atoms with Crippen molar-refractivity contribution in [3.05, 3.63) is 0 Å². The Balaban J connectivity index is 2.82. The minimum absolute atomic E-state index is 0.294. The van der Waals surface area contributed by atoms with Crippen molar-refractivity contribution in [1.82, 2.24) is 9.03 Å². The standard InChI is InChI=1S/C12H24N2O4S/c1-8(2)11(12(15)16)13-19(17,18)14-6-9(3)5-10(4)7-14/h8-11,13H,5-7H2,1-4H3,(H,15,16)/t9?,10?,11-/m1/s1. The summed E-state index contributed by atoms with van der Waals surface area (Å²) in [7, 11) is -3.74. The van der Waals surface area contributed by atoms with E-state index in [0.717, 1.165) is 6.42 Å². The van der Waals surface area contributed by atoms with E-state index in [0.29, 0.717) is 24.9 Å². The summed E-state index contributed by atoms with van der Waals surface area (Å²) < 4.78 is 28.2. The monoisotopic (exact) mass is 292 g/mol. The molecule has 0 amide bonds. The Labute approximate surface area is 115 Å². The fourth-order valence-electron chi connectivity index (χ4n) is 2.51. The maximum Gasteiger partial charge on any atom is 0.322 e. The molecule has 0 aromatic heterocycles. The summed E-state index contributed by atoms with van der Waals surface area (Å²) in [5, 5.41) is 9.06. The summed E-state index contributed by atoms with van der Waals surface area (Å²) in [4.78, 5) is 11.1. The van der Waals surface area contributed by atoms with E-state index in [4.69, 9.17) is 5.11 Å². The molecule has 19 heavy (non-hydrogen) atoms. The van der Waals surface area contributed by atoms with Crippen LogP contribution in [0.1, 0.15) is 34.1 Å². The number of piperidine rings is 1. The lowest BCUT2D eigenvalue weighted by Gasteiger charge is -2.34. The largest absolute Gasteiger partial charge is 0.480 e. The molecule has 0 bridgehead atoms. The molecular weight excluding hydrogens is 268 g/mol. The molecule has 0 spiro atoms. The van der Waals surface area contributed by atoms with Gasteiger partial charge in [0.1, 0.15) is 6.04 Å². The average Bonchev–Trinajstić information content (AvgIpc) is 2.23. The van der Waals surface area contributed by atoms with Crippen LogP contribution < -0.4 is 4.72 Å². The van der Waals surface area contributed by atoms with Crippen LogP contribution in [0.2, 0.25) is 0 Å². The van der Waals surface area contributed by atoms with Gasteiger partial charge in [-0.05, 0) is 24.2 Å². The highest BCUT2D eigenvalue weighted by Gasteiger charge is 2.34. The number of carboxylic acids is 1. The van der Waals surface area contributed by atoms with Crippen LogP contribution in [0, 0.1) is 17.8 Å². The zero-order chi connectivity index (χ0) is 14.8. The predicted molar refractivity (Wildman–Crippen MR) is 72.8 cm³/mol. The summed E-state index contributed by atoms with van der Waals surface area (Å²) >= 11 is 0. The van der Waals surface area contributed by atoms with Crippen molar-refractivity contribution in [3.8, 4) is 0 Å². The van der Waals surface area contributed by atoms with Gasteiger partial charge in [0, 0.05) is 13.1 Å². The molecule has 1 heterocycles. The van der Waals surface area contributed by atoms with Crippen molar-refractivity contribution in [1.29, 1.82) is 0 Å². The SMILES string of the molecule is CC1CC(C)CN(S(=O)(=O)N[C@@H](C(=O)O)C(C)C)C1. The van der Waals surface area contributed by atoms with Crippen molar-refractivity contribution >= 4 is 16.2 Å². The molecule has 1 saturated heterocycles. The number of nitrogens with one attached hydrogen (secondary N) is 1. The third-order valence-electron chi connectivity index (χ3n) is 3.38. The molecule has 0 aromatic carbocycles. The van der Waals surface area contributed by atoms with Crippen molar-refractivity contribution in [2.75, 3.05) is 13.1 Å². The van der Waals surface area contributed by atoms with Crippen LogP contribution in [0.15, 0.2) is 0 Å². The smallest absolute Gasteiger partial charge is 0.322 e. The van der Waals surface area contributed by atoms with Gasteiger partial charge in [-0.1, -0.05) is 27.7 Å². The van der Waals surface area contributed by atoms with E-state index < -0.39 is 22.2 Å². The van der Waals surface area contributed by atoms with Crippen molar-refractivity contribution in [2.24, 2.45) is 17.8 Å². The summed E-state index contributed by atoms with van der Waals surface area (Å²) in [6.07, 6.45) is 0.999. The maximum absolute atomic E-state index is 12.2. The molecule has 112 valence electrons. The highest BCUT2D eigenvalue weighted by atomic mass is 32.2. The number of carbonyl (C=O) groups is 1. The van der Waals surface area contributed by atoms with Gasteiger partial charge >= 0.3 is 5.97 Å². The van der Waals surface area contributed by atoms with E-state index in [1.165, 1.54) is 4.31 Å². The molecule has 1 fully saturated rings. The Morgan fingerprint density at radius 3 is 2.11 bits per heavy atom. The molecule has 1 aliphatic rings. The van der Waals surface area contributed by atoms with E-state index in [1.807, 2.05) is 13.8 Å². The molecule has 0 saturated carbocycles. The van der Waals surface area contributed by atoms with Gasteiger partial charge in [-0.15, -0.1) is 0 Å². The van der Waals surface area contributed by atoms with Gasteiger partial charge in [0.25, 0.3) is 10.2 Å². The molecule has 6 nitrogen and oxygen atoms in total. The second-order valence-corrected chi connectivity index (χ2v) is 7.65. The third kappa shape index (κ3) is 4.43. The molecule has 0 radical (unpaired) electrons. The topological polar surface area (TPSA) is 86.7 Å². The first kappa shape index (κ1) is 16.4. The van der Waals surface area contributed by atoms with Crippen LogP contribution in [0.3, 0.4) is 0 Å². The van der Waals surface area contributed by atoms with E-state index in [2.05, 4.69) is 4.72 Å². The van der Waals surface area contributed by atoms with Gasteiger partial charge in [-0.3, -0.25) is 4.79 Å². The molecule has 0 aromatic rings. The predicted octanol–water partition coefficient (Wildman–Crippen LogP) is 0.908. The molecule has 2 N–H and O–H groups in total. The fraction of sp³-hybridized carbons (Fsp3) is 0.917. The Morgan fingerprint density at radius 1 is 1.26 bits per heavy atom. The van der Waals surface area contributed by atoms with E-state index in [1.54, 1.807) is 13.8 Å². The number of carboxylic acid groups (broad SMARTS) is 1. The molecule has 1 aliphatic heterocycles. The highest BCUT2D eigenvalue weighted by Crippen LogP contribution is 2.23. The lowest BCUT2D eigenvalue weighted by molar-refractivity contribution is -0.140. The number of hydrogen-bond donors (Lipinski definition) is 2. The Bertz CT molecular complexity index is 411. The minimum Gasteiger partial charge on any atom is -0.480 e. The van der Waals surface area contributed by atoms with Gasteiger partial charge in [0.15, 0.2) is 0 Å². The summed E-state index contributed by atoms with van der Waals surface area (Å²) in [6.45, 7) is 8.28. The van der Waals surface area contributed by atoms with E-state index >= 15 is 0 Å². The maximum atomic E-state index is 12.2. The number of nitrogens with zero attached hydrogens (tertiary/aromatic N) is 1. The average molecular weight is 292 g/mol. The van der Waals surface area contributed by atoms with Crippen LogP contribution in [-0.4, -0.2) is 42.9 Å². The Hall–Kier alpha value is -0.660. The lowest BCUT2D eigenvalue weighted by atomic mass is 9.94. The molecule has 7 heteroatoms. The summed E-state index contributed by atoms with van der Waals surface area (Å²) in [5.74, 6) is -0.853. The quantitative estimate of drug-likeness (QED) is 0.788. The van der Waals surface area contributed by atoms with Gasteiger partial charge in [0.05, 0.1) is 0 Å². The third-order valence-corrected chi connectivity index (χ3v) is 4.91. The molecule has 2 unspecified atom stereocenters. The van der Waals surface area contributed by atoms with E-state index in [-0.39, 0.29) is 5.92 Å². The van der Waals surface area contributed by atoms with Gasteiger partial charge in [-0.2, -0.15) is 17.4 Å². The van der Waals surface area contributed by atoms with Crippen LogP contribution in [0.25, 0.3) is 0 Å². The van der Waals surface area contributed by atoms with Crippen molar-refractivity contribution in [3.63, 3.8) is 0 Å². The first-order valence-corrected chi connectivity index (χ1v) is 8.07. The van der Waals surface area contributed by atoms with Crippen LogP contribution >= 0.6 is 0 Å². The summed E-state index contributed by atoms with van der Waals surface area (Å²) in [6, 6.07) is -1.09. The Kier molecular flexibility index (Phi) is 5.34. The molecular formula is C12H24N2O4S. The first-order chi connectivity index (χ1) is 8.63. The minimum atomic E-state index is -3.74. The second kappa shape index (κ2) is 6.19. The van der Waals surface area contributed by atoms with Gasteiger partial charge in [-0.25, -0.2) is 0 Å². The van der Waals surface area contributed by atoms with Gasteiger partial charge < -0.3 is 5.11 Å². The number of aliphatic carboxylic acids is 1. The number of hydrogen-bond acceptors (Lipinski definition) is 3. The molecule has 1 rings (SSSR count). The number of rotatable bonds is 5. The second-order valence-electron chi connectivity index (χ2n) is 5.95. The normalized spacial score (nSPS) is 27.4.